The number of alkyl halides is 1. The van der Waals surface area contributed by atoms with Crippen molar-refractivity contribution in [1.82, 2.24) is 4.90 Å². The van der Waals surface area contributed by atoms with Gasteiger partial charge >= 0.3 is 5.97 Å². The van der Waals surface area contributed by atoms with Crippen molar-refractivity contribution in [3.05, 3.63) is 0 Å². The fraction of sp³-hybridized carbons (Fsp3) is 0.750. The van der Waals surface area contributed by atoms with E-state index in [1.54, 1.807) is 0 Å². The second kappa shape index (κ2) is 4.20. The molecule has 0 aromatic rings. The van der Waals surface area contributed by atoms with Gasteiger partial charge in [-0.2, -0.15) is 0 Å². The zero-order chi connectivity index (χ0) is 9.84. The summed E-state index contributed by atoms with van der Waals surface area (Å²) in [6, 6.07) is 0. The first kappa shape index (κ1) is 9.95. The van der Waals surface area contributed by atoms with Gasteiger partial charge in [0.25, 0.3) is 0 Å². The molecular weight excluding hydrogens is 177 g/mol. The number of hydrogen-bond donors (Lipinski definition) is 1. The van der Waals surface area contributed by atoms with Gasteiger partial charge in [-0.15, -0.1) is 0 Å². The maximum absolute atomic E-state index is 12.6. The van der Waals surface area contributed by atoms with Crippen LogP contribution >= 0.6 is 0 Å². The molecule has 1 aliphatic rings. The van der Waals surface area contributed by atoms with Crippen LogP contribution in [-0.2, 0) is 9.59 Å². The van der Waals surface area contributed by atoms with Crippen LogP contribution in [0.4, 0.5) is 4.39 Å². The number of hydrogen-bond acceptors (Lipinski definition) is 2. The molecule has 1 heterocycles. The third kappa shape index (κ3) is 3.01. The highest BCUT2D eigenvalue weighted by molar-refractivity contribution is 5.80. The summed E-state index contributed by atoms with van der Waals surface area (Å²) in [4.78, 5) is 22.7. The van der Waals surface area contributed by atoms with E-state index in [0.29, 0.717) is 13.0 Å². The number of carbonyl (C=O) groups excluding carboxylic acids is 1. The fourth-order valence-electron chi connectivity index (χ4n) is 1.32. The molecule has 1 amide bonds. The largest absolute Gasteiger partial charge is 0.481 e. The molecule has 1 fully saturated rings. The zero-order valence-electron chi connectivity index (χ0n) is 7.20. The number of halogens is 1. The van der Waals surface area contributed by atoms with E-state index in [2.05, 4.69) is 0 Å². The second-order valence-electron chi connectivity index (χ2n) is 3.12. The van der Waals surface area contributed by atoms with Crippen molar-refractivity contribution < 1.29 is 19.1 Å². The van der Waals surface area contributed by atoms with Gasteiger partial charge < -0.3 is 10.0 Å². The fourth-order valence-corrected chi connectivity index (χ4v) is 1.32. The summed E-state index contributed by atoms with van der Waals surface area (Å²) in [6.07, 6.45) is -0.763. The average Bonchev–Trinajstić information content (AvgIpc) is 2.47. The van der Waals surface area contributed by atoms with Crippen molar-refractivity contribution in [1.29, 1.82) is 0 Å². The number of nitrogens with zero attached hydrogens (tertiary/aromatic N) is 1. The van der Waals surface area contributed by atoms with Crippen LogP contribution in [0.25, 0.3) is 0 Å². The number of likely N-dealkylation sites (tertiary alicyclic amines) is 1. The summed E-state index contributed by atoms with van der Waals surface area (Å²) in [6.45, 7) is 0.540. The molecule has 5 heteroatoms. The second-order valence-corrected chi connectivity index (χ2v) is 3.12. The zero-order valence-corrected chi connectivity index (χ0v) is 7.20. The molecule has 74 valence electrons. The third-order valence-electron chi connectivity index (χ3n) is 2.04. The number of carboxylic acid groups (broad SMARTS) is 1. The lowest BCUT2D eigenvalue weighted by Crippen LogP contribution is -2.29. The molecule has 0 aromatic heterocycles. The van der Waals surface area contributed by atoms with E-state index in [1.165, 1.54) is 4.90 Å². The molecule has 0 aromatic carbocycles. The summed E-state index contributed by atoms with van der Waals surface area (Å²) in [5, 5.41) is 8.31. The van der Waals surface area contributed by atoms with Gasteiger partial charge in [-0.1, -0.05) is 0 Å². The average molecular weight is 189 g/mol. The van der Waals surface area contributed by atoms with Gasteiger partial charge in [0, 0.05) is 13.0 Å². The highest BCUT2D eigenvalue weighted by atomic mass is 19.1. The summed E-state index contributed by atoms with van der Waals surface area (Å²) < 4.78 is 12.6. The summed E-state index contributed by atoms with van der Waals surface area (Å²) in [5.41, 5.74) is 0. The molecule has 1 rings (SSSR count). The predicted molar refractivity (Wildman–Crippen MR) is 43.0 cm³/mol. The molecule has 1 atom stereocenters. The minimum Gasteiger partial charge on any atom is -0.481 e. The Bertz CT molecular complexity index is 219. The lowest BCUT2D eigenvalue weighted by Gasteiger charge is -2.13. The number of aliphatic carboxylic acids is 1. The van der Waals surface area contributed by atoms with Gasteiger partial charge in [0.05, 0.1) is 13.0 Å². The van der Waals surface area contributed by atoms with E-state index in [9.17, 15) is 14.0 Å². The van der Waals surface area contributed by atoms with Gasteiger partial charge in [0.15, 0.2) is 0 Å². The van der Waals surface area contributed by atoms with Crippen LogP contribution in [0.1, 0.15) is 19.3 Å². The van der Waals surface area contributed by atoms with Crippen LogP contribution in [0.2, 0.25) is 0 Å². The number of rotatable bonds is 3. The van der Waals surface area contributed by atoms with E-state index in [4.69, 9.17) is 5.11 Å². The molecule has 0 aliphatic carbocycles. The predicted octanol–water partition coefficient (Wildman–Crippen LogP) is 0.422. The Morgan fingerprint density at radius 3 is 2.62 bits per heavy atom. The molecule has 1 saturated heterocycles. The maximum atomic E-state index is 12.6. The third-order valence-corrected chi connectivity index (χ3v) is 2.04. The van der Waals surface area contributed by atoms with Gasteiger partial charge in [-0.25, -0.2) is 4.39 Å². The van der Waals surface area contributed by atoms with Crippen molar-refractivity contribution >= 4 is 11.9 Å². The smallest absolute Gasteiger partial charge is 0.303 e. The molecule has 0 spiro atoms. The first-order valence-electron chi connectivity index (χ1n) is 4.23. The first-order chi connectivity index (χ1) is 6.09. The SMILES string of the molecule is O=C(O)CCC(=O)N1CC[C@@H](F)C1. The summed E-state index contributed by atoms with van der Waals surface area (Å²) in [7, 11) is 0. The number of carbonyl (C=O) groups is 2. The lowest BCUT2D eigenvalue weighted by atomic mass is 10.3. The standard InChI is InChI=1S/C8H12FNO3/c9-6-3-4-10(5-6)7(11)1-2-8(12)13/h6H,1-5H2,(H,12,13)/t6-/m1/s1. The van der Waals surface area contributed by atoms with Gasteiger partial charge in [-0.3, -0.25) is 9.59 Å². The molecular formula is C8H12FNO3. The van der Waals surface area contributed by atoms with Crippen LogP contribution in [0.15, 0.2) is 0 Å². The van der Waals surface area contributed by atoms with Crippen molar-refractivity contribution in [2.24, 2.45) is 0 Å². The van der Waals surface area contributed by atoms with Crippen molar-refractivity contribution in [2.75, 3.05) is 13.1 Å². The van der Waals surface area contributed by atoms with Gasteiger partial charge in [0.1, 0.15) is 6.17 Å². The Morgan fingerprint density at radius 2 is 2.15 bits per heavy atom. The van der Waals surface area contributed by atoms with Gasteiger partial charge in [0.2, 0.25) is 5.91 Å². The van der Waals surface area contributed by atoms with Crippen LogP contribution in [0.3, 0.4) is 0 Å². The van der Waals surface area contributed by atoms with E-state index in [1.807, 2.05) is 0 Å². The van der Waals surface area contributed by atoms with Crippen molar-refractivity contribution in [3.63, 3.8) is 0 Å². The molecule has 1 aliphatic heterocycles. The minimum absolute atomic E-state index is 0.0257. The maximum Gasteiger partial charge on any atom is 0.303 e. The monoisotopic (exact) mass is 189 g/mol. The first-order valence-corrected chi connectivity index (χ1v) is 4.23. The number of amides is 1. The van der Waals surface area contributed by atoms with E-state index < -0.39 is 12.1 Å². The molecule has 0 radical (unpaired) electrons. The Morgan fingerprint density at radius 1 is 1.46 bits per heavy atom. The minimum atomic E-state index is -0.996. The van der Waals surface area contributed by atoms with E-state index in [-0.39, 0.29) is 25.3 Å². The molecule has 0 saturated carbocycles. The van der Waals surface area contributed by atoms with Crippen LogP contribution < -0.4 is 0 Å². The number of carboxylic acids is 1. The van der Waals surface area contributed by atoms with Crippen molar-refractivity contribution in [2.45, 2.75) is 25.4 Å². The molecule has 13 heavy (non-hydrogen) atoms. The Hall–Kier alpha value is -1.13. The van der Waals surface area contributed by atoms with Crippen LogP contribution in [-0.4, -0.2) is 41.1 Å². The molecule has 0 unspecified atom stereocenters. The summed E-state index contributed by atoms with van der Waals surface area (Å²) in [5.74, 6) is -1.26. The molecule has 4 nitrogen and oxygen atoms in total. The van der Waals surface area contributed by atoms with Crippen molar-refractivity contribution in [3.8, 4) is 0 Å². The van der Waals surface area contributed by atoms with Crippen LogP contribution in [0.5, 0.6) is 0 Å². The summed E-state index contributed by atoms with van der Waals surface area (Å²) >= 11 is 0. The highest BCUT2D eigenvalue weighted by Crippen LogP contribution is 2.13. The Balaban J connectivity index is 2.27. The Kier molecular flexibility index (Phi) is 3.22. The van der Waals surface area contributed by atoms with Crippen LogP contribution in [0, 0.1) is 0 Å². The lowest BCUT2D eigenvalue weighted by molar-refractivity contribution is -0.140. The highest BCUT2D eigenvalue weighted by Gasteiger charge is 2.25. The van der Waals surface area contributed by atoms with E-state index >= 15 is 0 Å². The van der Waals surface area contributed by atoms with Gasteiger partial charge in [-0.05, 0) is 6.42 Å². The molecule has 1 N–H and O–H groups in total. The Labute approximate surface area is 75.3 Å². The molecule has 0 bridgehead atoms. The normalized spacial score (nSPS) is 21.9. The van der Waals surface area contributed by atoms with E-state index in [0.717, 1.165) is 0 Å². The topological polar surface area (TPSA) is 57.6 Å². The quantitative estimate of drug-likeness (QED) is 0.700.